The number of guanidine groups is 1. The number of carbonyl (C=O) groups excluding carboxylic acids is 1. The summed E-state index contributed by atoms with van der Waals surface area (Å²) in [4.78, 5) is 19.0. The van der Waals surface area contributed by atoms with E-state index < -0.39 is 0 Å². The van der Waals surface area contributed by atoms with E-state index in [9.17, 15) is 4.79 Å². The number of para-hydroxylation sites is 1. The maximum absolute atomic E-state index is 12.1. The van der Waals surface area contributed by atoms with Gasteiger partial charge in [0.25, 0.3) is 0 Å². The minimum atomic E-state index is -0.0774. The standard InChI is InChI=1S/C19H28N4O.HI/c1-2-20-18(23-13-12-19(15-23)10-6-7-11-19)21-14-17(24)22-16-8-4-3-5-9-16;/h3-5,8-9H,2,6-7,10-15H2,1H3,(H,20,21)(H,22,24);1H. The zero-order chi connectivity index (χ0) is 16.8. The molecule has 1 saturated heterocycles. The Morgan fingerprint density at radius 3 is 2.60 bits per heavy atom. The molecule has 0 aromatic heterocycles. The number of amides is 1. The fourth-order valence-corrected chi connectivity index (χ4v) is 3.94. The number of hydrogen-bond acceptors (Lipinski definition) is 2. The van der Waals surface area contributed by atoms with Gasteiger partial charge in [-0.2, -0.15) is 0 Å². The van der Waals surface area contributed by atoms with Gasteiger partial charge in [0.1, 0.15) is 6.54 Å². The summed E-state index contributed by atoms with van der Waals surface area (Å²) in [5, 5.41) is 6.23. The molecule has 1 aliphatic carbocycles. The molecule has 25 heavy (non-hydrogen) atoms. The quantitative estimate of drug-likeness (QED) is 0.415. The maximum Gasteiger partial charge on any atom is 0.246 e. The molecule has 138 valence electrons. The van der Waals surface area contributed by atoms with Crippen molar-refractivity contribution >= 4 is 41.5 Å². The molecule has 6 heteroatoms. The van der Waals surface area contributed by atoms with E-state index in [0.29, 0.717) is 5.41 Å². The number of anilines is 1. The van der Waals surface area contributed by atoms with E-state index in [4.69, 9.17) is 0 Å². The minimum absolute atomic E-state index is 0. The molecule has 0 atom stereocenters. The van der Waals surface area contributed by atoms with Crippen molar-refractivity contribution in [2.24, 2.45) is 10.4 Å². The molecule has 1 amide bonds. The van der Waals surface area contributed by atoms with Gasteiger partial charge in [0, 0.05) is 25.3 Å². The van der Waals surface area contributed by atoms with Gasteiger partial charge < -0.3 is 15.5 Å². The highest BCUT2D eigenvalue weighted by Gasteiger charge is 2.41. The van der Waals surface area contributed by atoms with Crippen molar-refractivity contribution in [3.8, 4) is 0 Å². The molecule has 2 fully saturated rings. The summed E-state index contributed by atoms with van der Waals surface area (Å²) in [6.45, 7) is 5.18. The average Bonchev–Trinajstić information content (AvgIpc) is 3.23. The van der Waals surface area contributed by atoms with Crippen LogP contribution in [0.25, 0.3) is 0 Å². The third-order valence-corrected chi connectivity index (χ3v) is 5.17. The van der Waals surface area contributed by atoms with Crippen molar-refractivity contribution in [3.63, 3.8) is 0 Å². The number of benzene rings is 1. The second kappa shape index (κ2) is 9.40. The third-order valence-electron chi connectivity index (χ3n) is 5.17. The molecular weight excluding hydrogens is 427 g/mol. The van der Waals surface area contributed by atoms with E-state index in [1.54, 1.807) is 0 Å². The number of aliphatic imine (C=N–C) groups is 1. The van der Waals surface area contributed by atoms with Crippen LogP contribution in [0, 0.1) is 5.41 Å². The highest BCUT2D eigenvalue weighted by Crippen LogP contribution is 2.45. The molecule has 1 aromatic rings. The number of likely N-dealkylation sites (tertiary alicyclic amines) is 1. The van der Waals surface area contributed by atoms with Gasteiger partial charge in [0.15, 0.2) is 5.96 Å². The molecule has 5 nitrogen and oxygen atoms in total. The number of halogens is 1. The molecule has 1 aromatic carbocycles. The first kappa shape index (κ1) is 20.0. The Morgan fingerprint density at radius 1 is 1.20 bits per heavy atom. The molecule has 0 radical (unpaired) electrons. The van der Waals surface area contributed by atoms with Crippen LogP contribution in [0.3, 0.4) is 0 Å². The Labute approximate surface area is 167 Å². The van der Waals surface area contributed by atoms with Gasteiger partial charge in [-0.25, -0.2) is 4.99 Å². The first-order valence-electron chi connectivity index (χ1n) is 9.09. The number of carbonyl (C=O) groups is 1. The second-order valence-electron chi connectivity index (χ2n) is 6.96. The van der Waals surface area contributed by atoms with Crippen LogP contribution in [-0.4, -0.2) is 42.9 Å². The Hall–Kier alpha value is -1.31. The molecule has 0 unspecified atom stereocenters. The SMILES string of the molecule is CCNC(=NCC(=O)Nc1ccccc1)N1CCC2(CCCC2)C1.I. The molecule has 0 bridgehead atoms. The van der Waals surface area contributed by atoms with Crippen molar-refractivity contribution < 1.29 is 4.79 Å². The Morgan fingerprint density at radius 2 is 1.92 bits per heavy atom. The molecule has 1 heterocycles. The summed E-state index contributed by atoms with van der Waals surface area (Å²) >= 11 is 0. The predicted octanol–water partition coefficient (Wildman–Crippen LogP) is 3.47. The molecule has 2 aliphatic rings. The van der Waals surface area contributed by atoms with E-state index in [1.165, 1.54) is 32.1 Å². The van der Waals surface area contributed by atoms with Crippen molar-refractivity contribution in [2.45, 2.75) is 39.0 Å². The lowest BCUT2D eigenvalue weighted by Gasteiger charge is -2.25. The van der Waals surface area contributed by atoms with E-state index in [2.05, 4.69) is 27.4 Å². The molecule has 1 saturated carbocycles. The van der Waals surface area contributed by atoms with Gasteiger partial charge in [-0.05, 0) is 43.7 Å². The lowest BCUT2D eigenvalue weighted by Crippen LogP contribution is -2.41. The smallest absolute Gasteiger partial charge is 0.246 e. The summed E-state index contributed by atoms with van der Waals surface area (Å²) < 4.78 is 0. The van der Waals surface area contributed by atoms with Crippen molar-refractivity contribution in [1.29, 1.82) is 0 Å². The first-order chi connectivity index (χ1) is 11.7. The van der Waals surface area contributed by atoms with Crippen molar-refractivity contribution in [1.82, 2.24) is 10.2 Å². The van der Waals surface area contributed by atoms with Gasteiger partial charge in [-0.15, -0.1) is 24.0 Å². The minimum Gasteiger partial charge on any atom is -0.357 e. The number of nitrogens with zero attached hydrogens (tertiary/aromatic N) is 2. The van der Waals surface area contributed by atoms with E-state index in [1.807, 2.05) is 30.3 Å². The maximum atomic E-state index is 12.1. The van der Waals surface area contributed by atoms with E-state index in [-0.39, 0.29) is 36.4 Å². The number of nitrogens with one attached hydrogen (secondary N) is 2. The molecule has 3 rings (SSSR count). The van der Waals surface area contributed by atoms with Gasteiger partial charge >= 0.3 is 0 Å². The van der Waals surface area contributed by atoms with Gasteiger partial charge in [0.05, 0.1) is 0 Å². The fraction of sp³-hybridized carbons (Fsp3) is 0.579. The van der Waals surface area contributed by atoms with Crippen molar-refractivity contribution in [2.75, 3.05) is 31.5 Å². The van der Waals surface area contributed by atoms with Crippen LogP contribution in [-0.2, 0) is 4.79 Å². The molecule has 1 spiro atoms. The zero-order valence-electron chi connectivity index (χ0n) is 15.0. The lowest BCUT2D eigenvalue weighted by atomic mass is 9.86. The average molecular weight is 456 g/mol. The third kappa shape index (κ3) is 5.33. The summed E-state index contributed by atoms with van der Waals surface area (Å²) in [6, 6.07) is 9.53. The van der Waals surface area contributed by atoms with Crippen LogP contribution in [0.1, 0.15) is 39.0 Å². The molecule has 2 N–H and O–H groups in total. The Balaban J connectivity index is 0.00000225. The van der Waals surface area contributed by atoms with Gasteiger partial charge in [-0.1, -0.05) is 31.0 Å². The monoisotopic (exact) mass is 456 g/mol. The van der Waals surface area contributed by atoms with Crippen LogP contribution >= 0.6 is 24.0 Å². The van der Waals surface area contributed by atoms with Crippen LogP contribution in [0.5, 0.6) is 0 Å². The van der Waals surface area contributed by atoms with Crippen LogP contribution in [0.15, 0.2) is 35.3 Å². The zero-order valence-corrected chi connectivity index (χ0v) is 17.3. The van der Waals surface area contributed by atoms with E-state index in [0.717, 1.165) is 31.3 Å². The highest BCUT2D eigenvalue weighted by molar-refractivity contribution is 14.0. The summed E-state index contributed by atoms with van der Waals surface area (Å²) in [5.74, 6) is 0.802. The fourth-order valence-electron chi connectivity index (χ4n) is 3.94. The van der Waals surface area contributed by atoms with Crippen LogP contribution in [0.2, 0.25) is 0 Å². The van der Waals surface area contributed by atoms with Crippen molar-refractivity contribution in [3.05, 3.63) is 30.3 Å². The predicted molar refractivity (Wildman–Crippen MR) is 114 cm³/mol. The topological polar surface area (TPSA) is 56.7 Å². The normalized spacial score (nSPS) is 18.9. The lowest BCUT2D eigenvalue weighted by molar-refractivity contribution is -0.114. The summed E-state index contributed by atoms with van der Waals surface area (Å²) in [6.07, 6.45) is 6.67. The number of rotatable bonds is 4. The van der Waals surface area contributed by atoms with Gasteiger partial charge in [0.2, 0.25) is 5.91 Å². The van der Waals surface area contributed by atoms with Crippen LogP contribution in [0.4, 0.5) is 5.69 Å². The molecular formula is C19H29IN4O. The summed E-state index contributed by atoms with van der Waals surface area (Å²) in [5.41, 5.74) is 1.32. The Kier molecular flexibility index (Phi) is 7.53. The highest BCUT2D eigenvalue weighted by atomic mass is 127. The largest absolute Gasteiger partial charge is 0.357 e. The second-order valence-corrected chi connectivity index (χ2v) is 6.96. The molecule has 1 aliphatic heterocycles. The van der Waals surface area contributed by atoms with Gasteiger partial charge in [-0.3, -0.25) is 4.79 Å². The number of hydrogen-bond donors (Lipinski definition) is 2. The first-order valence-corrected chi connectivity index (χ1v) is 9.09. The Bertz CT molecular complexity index is 584. The van der Waals surface area contributed by atoms with E-state index >= 15 is 0 Å². The summed E-state index contributed by atoms with van der Waals surface area (Å²) in [7, 11) is 0. The van der Waals surface area contributed by atoms with Crippen LogP contribution < -0.4 is 10.6 Å².